The van der Waals surface area contributed by atoms with Gasteiger partial charge in [-0.05, 0) is 42.9 Å². The van der Waals surface area contributed by atoms with Crippen LogP contribution >= 0.6 is 12.2 Å². The number of nitrogens with zero attached hydrogens (tertiary/aromatic N) is 1. The predicted octanol–water partition coefficient (Wildman–Crippen LogP) is 3.11. The zero-order chi connectivity index (χ0) is 13.3. The lowest BCUT2D eigenvalue weighted by Crippen LogP contribution is -2.39. The summed E-state index contributed by atoms with van der Waals surface area (Å²) in [6.07, 6.45) is 1.24. The first kappa shape index (κ1) is 13.3. The quantitative estimate of drug-likeness (QED) is 0.830. The van der Waals surface area contributed by atoms with E-state index in [4.69, 9.17) is 18.0 Å². The van der Waals surface area contributed by atoms with Crippen molar-refractivity contribution >= 4 is 22.9 Å². The van der Waals surface area contributed by atoms with E-state index in [2.05, 4.69) is 43.9 Å². The highest BCUT2D eigenvalue weighted by molar-refractivity contribution is 7.80. The summed E-state index contributed by atoms with van der Waals surface area (Å²) in [5, 5.41) is 0. The molecule has 0 saturated carbocycles. The average molecular weight is 262 g/mol. The smallest absolute Gasteiger partial charge is 0.106 e. The van der Waals surface area contributed by atoms with Crippen molar-refractivity contribution in [1.82, 2.24) is 0 Å². The van der Waals surface area contributed by atoms with Crippen LogP contribution in [-0.4, -0.2) is 18.1 Å². The summed E-state index contributed by atoms with van der Waals surface area (Å²) in [6, 6.07) is 6.33. The molecular weight excluding hydrogens is 240 g/mol. The minimum Gasteiger partial charge on any atom is -0.389 e. The van der Waals surface area contributed by atoms with Gasteiger partial charge in [-0.25, -0.2) is 0 Å². The van der Waals surface area contributed by atoms with Crippen LogP contribution in [0.5, 0.6) is 0 Å². The van der Waals surface area contributed by atoms with E-state index in [1.165, 1.54) is 17.7 Å². The van der Waals surface area contributed by atoms with E-state index in [1.54, 1.807) is 0 Å². The van der Waals surface area contributed by atoms with Crippen LogP contribution in [0, 0.1) is 18.8 Å². The second-order valence-corrected chi connectivity index (χ2v) is 6.01. The summed E-state index contributed by atoms with van der Waals surface area (Å²) in [4.78, 5) is 2.93. The lowest BCUT2D eigenvalue weighted by atomic mass is 9.88. The van der Waals surface area contributed by atoms with Gasteiger partial charge >= 0.3 is 0 Å². The molecule has 98 valence electrons. The molecule has 0 spiro atoms. The molecule has 2 unspecified atom stereocenters. The molecule has 3 heteroatoms. The van der Waals surface area contributed by atoms with Gasteiger partial charge in [0.2, 0.25) is 0 Å². The Bertz CT molecular complexity index is 456. The Kier molecular flexibility index (Phi) is 3.91. The second kappa shape index (κ2) is 5.27. The number of aryl methyl sites for hydroxylation is 1. The number of nitrogens with two attached hydrogens (primary N) is 1. The SMILES string of the molecule is Cc1ccc(C(N)=S)c(N2CCC(C)C(C)C2)c1. The van der Waals surface area contributed by atoms with E-state index in [0.29, 0.717) is 4.99 Å². The van der Waals surface area contributed by atoms with Crippen molar-refractivity contribution in [2.24, 2.45) is 17.6 Å². The first-order chi connectivity index (χ1) is 8.49. The van der Waals surface area contributed by atoms with Crippen molar-refractivity contribution in [2.75, 3.05) is 18.0 Å². The molecule has 1 aliphatic heterocycles. The number of piperidine rings is 1. The van der Waals surface area contributed by atoms with Crippen LogP contribution in [0.4, 0.5) is 5.69 Å². The van der Waals surface area contributed by atoms with Gasteiger partial charge in [-0.15, -0.1) is 0 Å². The first-order valence-electron chi connectivity index (χ1n) is 6.64. The van der Waals surface area contributed by atoms with Gasteiger partial charge in [-0.3, -0.25) is 0 Å². The molecule has 2 rings (SSSR count). The van der Waals surface area contributed by atoms with E-state index < -0.39 is 0 Å². The molecule has 1 heterocycles. The normalized spacial score (nSPS) is 24.1. The van der Waals surface area contributed by atoms with Gasteiger partial charge in [0.1, 0.15) is 4.99 Å². The Hall–Kier alpha value is -1.09. The Morgan fingerprint density at radius 1 is 1.33 bits per heavy atom. The maximum atomic E-state index is 5.84. The molecular formula is C15H22N2S. The highest BCUT2D eigenvalue weighted by Crippen LogP contribution is 2.30. The number of hydrogen-bond acceptors (Lipinski definition) is 2. The van der Waals surface area contributed by atoms with Crippen LogP contribution < -0.4 is 10.6 Å². The summed E-state index contributed by atoms with van der Waals surface area (Å²) in [7, 11) is 0. The first-order valence-corrected chi connectivity index (χ1v) is 7.05. The number of thiocarbonyl (C=S) groups is 1. The van der Waals surface area contributed by atoms with Crippen LogP contribution in [0.1, 0.15) is 31.4 Å². The van der Waals surface area contributed by atoms with E-state index in [9.17, 15) is 0 Å². The third-order valence-electron chi connectivity index (χ3n) is 4.09. The molecule has 0 bridgehead atoms. The number of hydrogen-bond donors (Lipinski definition) is 1. The summed E-state index contributed by atoms with van der Waals surface area (Å²) in [6.45, 7) is 8.98. The Morgan fingerprint density at radius 2 is 2.06 bits per heavy atom. The zero-order valence-electron chi connectivity index (χ0n) is 11.4. The molecule has 0 aliphatic carbocycles. The third kappa shape index (κ3) is 2.66. The van der Waals surface area contributed by atoms with E-state index in [1.807, 2.05) is 0 Å². The molecule has 1 fully saturated rings. The van der Waals surface area contributed by atoms with Gasteiger partial charge in [0.25, 0.3) is 0 Å². The third-order valence-corrected chi connectivity index (χ3v) is 4.31. The molecule has 0 aromatic heterocycles. The molecule has 0 amide bonds. The minimum absolute atomic E-state index is 0.497. The Labute approximate surface area is 115 Å². The topological polar surface area (TPSA) is 29.3 Å². The van der Waals surface area contributed by atoms with Gasteiger partial charge < -0.3 is 10.6 Å². The molecule has 1 aromatic carbocycles. The standard InChI is InChI=1S/C15H22N2S/c1-10-4-5-13(15(16)18)14(8-10)17-7-6-11(2)12(3)9-17/h4-5,8,11-12H,6-7,9H2,1-3H3,(H2,16,18). The summed E-state index contributed by atoms with van der Waals surface area (Å²) in [5.41, 5.74) is 9.32. The van der Waals surface area contributed by atoms with Crippen molar-refractivity contribution < 1.29 is 0 Å². The lowest BCUT2D eigenvalue weighted by Gasteiger charge is -2.37. The van der Waals surface area contributed by atoms with E-state index in [-0.39, 0.29) is 0 Å². The highest BCUT2D eigenvalue weighted by Gasteiger charge is 2.24. The summed E-state index contributed by atoms with van der Waals surface area (Å²) < 4.78 is 0. The fourth-order valence-electron chi connectivity index (χ4n) is 2.59. The number of benzene rings is 1. The van der Waals surface area contributed by atoms with Crippen LogP contribution in [0.15, 0.2) is 18.2 Å². The second-order valence-electron chi connectivity index (χ2n) is 5.57. The van der Waals surface area contributed by atoms with Crippen molar-refractivity contribution in [3.05, 3.63) is 29.3 Å². The van der Waals surface area contributed by atoms with Crippen LogP contribution in [-0.2, 0) is 0 Å². The van der Waals surface area contributed by atoms with Gasteiger partial charge in [0.05, 0.1) is 0 Å². The molecule has 2 atom stereocenters. The van der Waals surface area contributed by atoms with Crippen LogP contribution in [0.3, 0.4) is 0 Å². The van der Waals surface area contributed by atoms with Crippen molar-refractivity contribution in [2.45, 2.75) is 27.2 Å². The van der Waals surface area contributed by atoms with E-state index >= 15 is 0 Å². The van der Waals surface area contributed by atoms with Crippen molar-refractivity contribution in [1.29, 1.82) is 0 Å². The molecule has 1 aromatic rings. The van der Waals surface area contributed by atoms with Gasteiger partial charge in [0.15, 0.2) is 0 Å². The number of rotatable bonds is 2. The van der Waals surface area contributed by atoms with Gasteiger partial charge in [-0.2, -0.15) is 0 Å². The fraction of sp³-hybridized carbons (Fsp3) is 0.533. The maximum Gasteiger partial charge on any atom is 0.106 e. The van der Waals surface area contributed by atoms with Crippen LogP contribution in [0.25, 0.3) is 0 Å². The van der Waals surface area contributed by atoms with E-state index in [0.717, 1.165) is 30.5 Å². The lowest BCUT2D eigenvalue weighted by molar-refractivity contribution is 0.324. The molecule has 1 aliphatic rings. The molecule has 18 heavy (non-hydrogen) atoms. The Balaban J connectivity index is 2.32. The molecule has 2 N–H and O–H groups in total. The Morgan fingerprint density at radius 3 is 2.67 bits per heavy atom. The summed E-state index contributed by atoms with van der Waals surface area (Å²) >= 11 is 5.17. The van der Waals surface area contributed by atoms with Gasteiger partial charge in [0, 0.05) is 24.3 Å². The van der Waals surface area contributed by atoms with Crippen molar-refractivity contribution in [3.63, 3.8) is 0 Å². The summed E-state index contributed by atoms with van der Waals surface area (Å²) in [5.74, 6) is 1.53. The van der Waals surface area contributed by atoms with Crippen molar-refractivity contribution in [3.8, 4) is 0 Å². The maximum absolute atomic E-state index is 5.84. The molecule has 2 nitrogen and oxygen atoms in total. The highest BCUT2D eigenvalue weighted by atomic mass is 32.1. The molecule has 1 saturated heterocycles. The van der Waals surface area contributed by atoms with Crippen LogP contribution in [0.2, 0.25) is 0 Å². The number of anilines is 1. The predicted molar refractivity (Wildman–Crippen MR) is 82.2 cm³/mol. The minimum atomic E-state index is 0.497. The molecule has 0 radical (unpaired) electrons. The largest absolute Gasteiger partial charge is 0.389 e. The monoisotopic (exact) mass is 262 g/mol. The zero-order valence-corrected chi connectivity index (χ0v) is 12.3. The average Bonchev–Trinajstić information content (AvgIpc) is 2.32. The van der Waals surface area contributed by atoms with Gasteiger partial charge in [-0.1, -0.05) is 32.1 Å². The fourth-order valence-corrected chi connectivity index (χ4v) is 2.77.